The first-order valence-electron chi connectivity index (χ1n) is 12.0. The second-order valence-electron chi connectivity index (χ2n) is 9.16. The number of anilines is 1. The summed E-state index contributed by atoms with van der Waals surface area (Å²) >= 11 is 0. The lowest BCUT2D eigenvalue weighted by Crippen LogP contribution is -2.20. The topological polar surface area (TPSA) is 98.4 Å². The van der Waals surface area contributed by atoms with Gasteiger partial charge in [-0.25, -0.2) is 9.37 Å². The summed E-state index contributed by atoms with van der Waals surface area (Å²) in [5.41, 5.74) is 7.90. The number of halogens is 1. The number of pyridine rings is 1. The van der Waals surface area contributed by atoms with Crippen molar-refractivity contribution in [3.8, 4) is 33.9 Å². The van der Waals surface area contributed by atoms with Gasteiger partial charge in [-0.15, -0.1) is 0 Å². The van der Waals surface area contributed by atoms with Crippen LogP contribution in [0.5, 0.6) is 0 Å². The van der Waals surface area contributed by atoms with Gasteiger partial charge in [0.25, 0.3) is 0 Å². The second kappa shape index (κ2) is 9.44. The Hall–Kier alpha value is -4.63. The van der Waals surface area contributed by atoms with Crippen molar-refractivity contribution in [1.82, 2.24) is 35.0 Å². The summed E-state index contributed by atoms with van der Waals surface area (Å²) < 4.78 is 14.6. The normalized spacial score (nSPS) is 11.6. The molecular formula is C28H25FN8. The predicted octanol–water partition coefficient (Wildman–Crippen LogP) is 5.34. The molecule has 8 nitrogen and oxygen atoms in total. The molecule has 0 saturated heterocycles. The zero-order valence-corrected chi connectivity index (χ0v) is 20.5. The highest BCUT2D eigenvalue weighted by Gasteiger charge is 2.16. The molecule has 2 aromatic carbocycles. The van der Waals surface area contributed by atoms with E-state index in [1.54, 1.807) is 24.7 Å². The van der Waals surface area contributed by atoms with Crippen molar-refractivity contribution < 1.29 is 4.39 Å². The summed E-state index contributed by atoms with van der Waals surface area (Å²) in [6.07, 6.45) is 4.97. The fourth-order valence-electron chi connectivity index (χ4n) is 4.47. The molecule has 0 saturated carbocycles. The molecule has 0 bridgehead atoms. The Morgan fingerprint density at radius 3 is 2.73 bits per heavy atom. The first kappa shape index (κ1) is 22.8. The van der Waals surface area contributed by atoms with Gasteiger partial charge in [0, 0.05) is 42.1 Å². The van der Waals surface area contributed by atoms with E-state index in [2.05, 4.69) is 35.4 Å². The molecule has 6 aromatic rings. The van der Waals surface area contributed by atoms with Crippen LogP contribution >= 0.6 is 0 Å². The third-order valence-electron chi connectivity index (χ3n) is 6.25. The van der Waals surface area contributed by atoms with Crippen LogP contribution in [0.3, 0.4) is 0 Å². The Labute approximate surface area is 212 Å². The molecule has 3 N–H and O–H groups in total. The maximum absolute atomic E-state index is 14.6. The molecular weight excluding hydrogens is 467 g/mol. The standard InChI is InChI=1S/C28H25FN8/c1-37(2)11-10-31-19-13-17(12-18(29)14-19)20-4-3-5-22-21(20)15-25(33-22)28-27-24(35-36-28)7-6-23(34-27)26-16-30-8-9-32-26/h3-9,12-16,31,33H,10-11H2,1-2H3,(H,35,36). The molecule has 0 aliphatic heterocycles. The van der Waals surface area contributed by atoms with Crippen LogP contribution in [0.15, 0.2) is 73.2 Å². The Morgan fingerprint density at radius 1 is 0.973 bits per heavy atom. The molecule has 184 valence electrons. The van der Waals surface area contributed by atoms with Crippen LogP contribution in [-0.2, 0) is 0 Å². The molecule has 0 amide bonds. The van der Waals surface area contributed by atoms with Gasteiger partial charge >= 0.3 is 0 Å². The summed E-state index contributed by atoms with van der Waals surface area (Å²) in [4.78, 5) is 18.9. The average Bonchev–Trinajstić information content (AvgIpc) is 3.52. The Bertz CT molecular complexity index is 1700. The molecule has 0 spiro atoms. The zero-order chi connectivity index (χ0) is 25.4. The monoisotopic (exact) mass is 492 g/mol. The van der Waals surface area contributed by atoms with Gasteiger partial charge in [-0.1, -0.05) is 12.1 Å². The molecule has 0 atom stereocenters. The highest BCUT2D eigenvalue weighted by molar-refractivity contribution is 6.00. The number of rotatable bonds is 7. The summed E-state index contributed by atoms with van der Waals surface area (Å²) in [5, 5.41) is 11.9. The van der Waals surface area contributed by atoms with Crippen LogP contribution in [0.4, 0.5) is 10.1 Å². The summed E-state index contributed by atoms with van der Waals surface area (Å²) in [7, 11) is 4.02. The number of hydrogen-bond donors (Lipinski definition) is 3. The van der Waals surface area contributed by atoms with E-state index in [1.165, 1.54) is 6.07 Å². The lowest BCUT2D eigenvalue weighted by atomic mass is 10.0. The van der Waals surface area contributed by atoms with Crippen LogP contribution in [0.1, 0.15) is 0 Å². The third kappa shape index (κ3) is 4.52. The highest BCUT2D eigenvalue weighted by Crippen LogP contribution is 2.35. The van der Waals surface area contributed by atoms with Gasteiger partial charge in [-0.05, 0) is 67.7 Å². The van der Waals surface area contributed by atoms with Crippen LogP contribution in [0.25, 0.3) is 55.8 Å². The number of likely N-dealkylation sites (N-methyl/N-ethyl adjacent to an activating group) is 1. The Kier molecular flexibility index (Phi) is 5.82. The minimum atomic E-state index is -0.281. The van der Waals surface area contributed by atoms with Gasteiger partial charge in [0.15, 0.2) is 0 Å². The minimum absolute atomic E-state index is 0.281. The first-order valence-corrected chi connectivity index (χ1v) is 12.0. The van der Waals surface area contributed by atoms with Crippen LogP contribution in [0.2, 0.25) is 0 Å². The van der Waals surface area contributed by atoms with Gasteiger partial charge in [0.05, 0.1) is 23.1 Å². The number of fused-ring (bicyclic) bond motifs is 2. The van der Waals surface area contributed by atoms with Crippen molar-refractivity contribution in [2.45, 2.75) is 0 Å². The van der Waals surface area contributed by atoms with Crippen LogP contribution < -0.4 is 5.32 Å². The van der Waals surface area contributed by atoms with Gasteiger partial charge in [0.2, 0.25) is 0 Å². The number of nitrogens with one attached hydrogen (secondary N) is 3. The largest absolute Gasteiger partial charge is 0.384 e. The fraction of sp³-hybridized carbons (Fsp3) is 0.143. The van der Waals surface area contributed by atoms with Crippen molar-refractivity contribution in [2.75, 3.05) is 32.5 Å². The van der Waals surface area contributed by atoms with Crippen molar-refractivity contribution in [2.24, 2.45) is 0 Å². The van der Waals surface area contributed by atoms with E-state index in [-0.39, 0.29) is 5.82 Å². The molecule has 0 unspecified atom stereocenters. The van der Waals surface area contributed by atoms with E-state index in [0.717, 1.165) is 57.5 Å². The molecule has 4 heterocycles. The second-order valence-corrected chi connectivity index (χ2v) is 9.16. The Morgan fingerprint density at radius 2 is 1.89 bits per heavy atom. The SMILES string of the molecule is CN(C)CCNc1cc(F)cc(-c2cccc3[nH]c(-c4n[nH]c5ccc(-c6cnccn6)nc45)cc23)c1. The van der Waals surface area contributed by atoms with Gasteiger partial charge < -0.3 is 15.2 Å². The number of H-pyrrole nitrogens is 2. The van der Waals surface area contributed by atoms with E-state index in [4.69, 9.17) is 4.98 Å². The lowest BCUT2D eigenvalue weighted by molar-refractivity contribution is 0.425. The van der Waals surface area contributed by atoms with E-state index < -0.39 is 0 Å². The van der Waals surface area contributed by atoms with Gasteiger partial charge in [-0.3, -0.25) is 15.1 Å². The molecule has 37 heavy (non-hydrogen) atoms. The van der Waals surface area contributed by atoms with Crippen molar-refractivity contribution in [1.29, 1.82) is 0 Å². The first-order chi connectivity index (χ1) is 18.0. The number of hydrogen-bond acceptors (Lipinski definition) is 6. The lowest BCUT2D eigenvalue weighted by Gasteiger charge is -2.13. The maximum Gasteiger partial charge on any atom is 0.135 e. The number of nitrogens with zero attached hydrogens (tertiary/aromatic N) is 5. The number of aromatic nitrogens is 6. The molecule has 9 heteroatoms. The zero-order valence-electron chi connectivity index (χ0n) is 20.5. The molecule has 0 aliphatic rings. The smallest absolute Gasteiger partial charge is 0.135 e. The van der Waals surface area contributed by atoms with E-state index in [9.17, 15) is 4.39 Å². The van der Waals surface area contributed by atoms with Crippen LogP contribution in [0, 0.1) is 5.82 Å². The van der Waals surface area contributed by atoms with Crippen LogP contribution in [-0.4, -0.2) is 62.2 Å². The number of aromatic amines is 2. The summed E-state index contributed by atoms with van der Waals surface area (Å²) in [6.45, 7) is 1.58. The predicted molar refractivity (Wildman–Crippen MR) is 145 cm³/mol. The van der Waals surface area contributed by atoms with Gasteiger partial charge in [-0.2, -0.15) is 5.10 Å². The molecule has 0 fully saturated rings. The molecule has 4 aromatic heterocycles. The summed E-state index contributed by atoms with van der Waals surface area (Å²) in [5.74, 6) is -0.281. The molecule has 0 radical (unpaired) electrons. The van der Waals surface area contributed by atoms with Crippen molar-refractivity contribution >= 4 is 27.6 Å². The molecule has 0 aliphatic carbocycles. The molecule has 6 rings (SSSR count). The van der Waals surface area contributed by atoms with E-state index >= 15 is 0 Å². The quantitative estimate of drug-likeness (QED) is 0.278. The van der Waals surface area contributed by atoms with Gasteiger partial charge in [0.1, 0.15) is 22.7 Å². The highest BCUT2D eigenvalue weighted by atomic mass is 19.1. The average molecular weight is 493 g/mol. The summed E-state index contributed by atoms with van der Waals surface area (Å²) in [6, 6.07) is 16.9. The minimum Gasteiger partial charge on any atom is -0.384 e. The third-order valence-corrected chi connectivity index (χ3v) is 6.25. The van der Waals surface area contributed by atoms with E-state index in [0.29, 0.717) is 17.1 Å². The maximum atomic E-state index is 14.6. The number of benzene rings is 2. The van der Waals surface area contributed by atoms with Crippen molar-refractivity contribution in [3.63, 3.8) is 0 Å². The fourth-order valence-corrected chi connectivity index (χ4v) is 4.47. The van der Waals surface area contributed by atoms with E-state index in [1.807, 2.05) is 56.6 Å². The van der Waals surface area contributed by atoms with Crippen molar-refractivity contribution in [3.05, 3.63) is 79.0 Å². The Balaban J connectivity index is 1.41.